The van der Waals surface area contributed by atoms with E-state index >= 15 is 0 Å². The van der Waals surface area contributed by atoms with Gasteiger partial charge in [-0.2, -0.15) is 0 Å². The summed E-state index contributed by atoms with van der Waals surface area (Å²) in [7, 11) is 5.27. The molecule has 3 aromatic rings. The van der Waals surface area contributed by atoms with Gasteiger partial charge in [-0.25, -0.2) is 0 Å². The van der Waals surface area contributed by atoms with Crippen LogP contribution in [0, 0.1) is 0 Å². The SMILES string of the molecule is COc1cc2c(cc1OC)CN(C(=O)c1cccc3c1ccn3C)CC2. The molecule has 0 unspecified atom stereocenters. The third-order valence-corrected chi connectivity index (χ3v) is 5.16. The molecule has 4 rings (SSSR count). The highest BCUT2D eigenvalue weighted by molar-refractivity contribution is 6.06. The van der Waals surface area contributed by atoms with E-state index in [1.54, 1.807) is 14.2 Å². The van der Waals surface area contributed by atoms with E-state index in [1.165, 1.54) is 5.56 Å². The molecule has 0 bridgehead atoms. The summed E-state index contributed by atoms with van der Waals surface area (Å²) >= 11 is 0. The molecule has 2 heterocycles. The van der Waals surface area contributed by atoms with Crippen LogP contribution in [-0.4, -0.2) is 36.1 Å². The Morgan fingerprint density at radius 3 is 2.50 bits per heavy atom. The Kier molecular flexibility index (Phi) is 4.07. The number of ether oxygens (including phenoxy) is 2. The van der Waals surface area contributed by atoms with Crippen LogP contribution in [0.1, 0.15) is 21.5 Å². The molecule has 2 aromatic carbocycles. The minimum Gasteiger partial charge on any atom is -0.493 e. The molecule has 26 heavy (non-hydrogen) atoms. The van der Waals surface area contributed by atoms with E-state index in [-0.39, 0.29) is 5.91 Å². The van der Waals surface area contributed by atoms with Crippen molar-refractivity contribution in [2.24, 2.45) is 7.05 Å². The van der Waals surface area contributed by atoms with Gasteiger partial charge in [0.25, 0.3) is 5.91 Å². The van der Waals surface area contributed by atoms with Crippen molar-refractivity contribution in [3.63, 3.8) is 0 Å². The van der Waals surface area contributed by atoms with Crippen molar-refractivity contribution in [2.75, 3.05) is 20.8 Å². The van der Waals surface area contributed by atoms with Crippen molar-refractivity contribution in [3.8, 4) is 11.5 Å². The Balaban J connectivity index is 1.67. The van der Waals surface area contributed by atoms with Gasteiger partial charge >= 0.3 is 0 Å². The molecule has 1 amide bonds. The van der Waals surface area contributed by atoms with Gasteiger partial charge in [0.15, 0.2) is 11.5 Å². The summed E-state index contributed by atoms with van der Waals surface area (Å²) in [6, 6.07) is 11.9. The van der Waals surface area contributed by atoms with Crippen LogP contribution in [0.15, 0.2) is 42.6 Å². The number of amides is 1. The van der Waals surface area contributed by atoms with E-state index in [4.69, 9.17) is 9.47 Å². The van der Waals surface area contributed by atoms with E-state index < -0.39 is 0 Å². The Hall–Kier alpha value is -2.95. The molecular formula is C21H22N2O3. The molecule has 0 aliphatic carbocycles. The molecule has 5 heteroatoms. The number of aryl methyl sites for hydroxylation is 1. The summed E-state index contributed by atoms with van der Waals surface area (Å²) in [5, 5.41) is 0.998. The molecular weight excluding hydrogens is 328 g/mol. The van der Waals surface area contributed by atoms with Crippen LogP contribution < -0.4 is 9.47 Å². The van der Waals surface area contributed by atoms with E-state index in [1.807, 2.05) is 59.1 Å². The summed E-state index contributed by atoms with van der Waals surface area (Å²) < 4.78 is 12.8. The monoisotopic (exact) mass is 350 g/mol. The fraction of sp³-hybridized carbons (Fsp3) is 0.286. The number of rotatable bonds is 3. The van der Waals surface area contributed by atoms with Crippen molar-refractivity contribution in [2.45, 2.75) is 13.0 Å². The van der Waals surface area contributed by atoms with Crippen LogP contribution in [0.25, 0.3) is 10.9 Å². The van der Waals surface area contributed by atoms with Gasteiger partial charge < -0.3 is 18.9 Å². The molecule has 1 aromatic heterocycles. The first-order valence-corrected chi connectivity index (χ1v) is 8.69. The molecule has 0 radical (unpaired) electrons. The highest BCUT2D eigenvalue weighted by atomic mass is 16.5. The molecule has 0 atom stereocenters. The summed E-state index contributed by atoms with van der Waals surface area (Å²) in [6.45, 7) is 1.28. The second-order valence-corrected chi connectivity index (χ2v) is 6.62. The summed E-state index contributed by atoms with van der Waals surface area (Å²) in [4.78, 5) is 15.1. The van der Waals surface area contributed by atoms with Crippen LogP contribution >= 0.6 is 0 Å². The molecule has 1 aliphatic heterocycles. The molecule has 0 saturated heterocycles. The third kappa shape index (κ3) is 2.60. The second-order valence-electron chi connectivity index (χ2n) is 6.62. The van der Waals surface area contributed by atoms with Crippen molar-refractivity contribution in [1.82, 2.24) is 9.47 Å². The predicted octanol–water partition coefficient (Wildman–Crippen LogP) is 3.39. The minimum atomic E-state index is 0.0715. The first kappa shape index (κ1) is 16.5. The van der Waals surface area contributed by atoms with Gasteiger partial charge in [-0.15, -0.1) is 0 Å². The van der Waals surface area contributed by atoms with E-state index in [9.17, 15) is 4.79 Å². The Morgan fingerprint density at radius 2 is 1.77 bits per heavy atom. The van der Waals surface area contributed by atoms with Gasteiger partial charge in [-0.1, -0.05) is 6.07 Å². The lowest BCUT2D eigenvalue weighted by molar-refractivity contribution is 0.0736. The molecule has 0 saturated carbocycles. The van der Waals surface area contributed by atoms with E-state index in [2.05, 4.69) is 0 Å². The van der Waals surface area contributed by atoms with E-state index in [0.717, 1.165) is 34.2 Å². The van der Waals surface area contributed by atoms with Crippen molar-refractivity contribution in [1.29, 1.82) is 0 Å². The fourth-order valence-electron chi connectivity index (χ4n) is 3.72. The van der Waals surface area contributed by atoms with Gasteiger partial charge in [0.05, 0.1) is 14.2 Å². The highest BCUT2D eigenvalue weighted by Gasteiger charge is 2.25. The molecule has 0 N–H and O–H groups in total. The van der Waals surface area contributed by atoms with Crippen LogP contribution in [0.3, 0.4) is 0 Å². The number of fused-ring (bicyclic) bond motifs is 2. The number of hydrogen-bond acceptors (Lipinski definition) is 3. The standard InChI is InChI=1S/C21H22N2O3/c1-22-9-8-16-17(5-4-6-18(16)22)21(24)23-10-7-14-11-19(25-2)20(26-3)12-15(14)13-23/h4-6,8-9,11-12H,7,10,13H2,1-3H3. The Labute approximate surface area is 152 Å². The molecule has 0 fully saturated rings. The molecule has 1 aliphatic rings. The summed E-state index contributed by atoms with van der Waals surface area (Å²) in [5.41, 5.74) is 4.15. The second kappa shape index (κ2) is 6.41. The van der Waals surface area contributed by atoms with Crippen molar-refractivity contribution >= 4 is 16.8 Å². The Morgan fingerprint density at radius 1 is 1.04 bits per heavy atom. The number of hydrogen-bond donors (Lipinski definition) is 0. The molecule has 0 spiro atoms. The predicted molar refractivity (Wildman–Crippen MR) is 101 cm³/mol. The summed E-state index contributed by atoms with van der Waals surface area (Å²) in [6.07, 6.45) is 2.80. The number of aromatic nitrogens is 1. The van der Waals surface area contributed by atoms with E-state index in [0.29, 0.717) is 18.8 Å². The maximum Gasteiger partial charge on any atom is 0.254 e. The van der Waals surface area contributed by atoms with Gasteiger partial charge in [-0.3, -0.25) is 4.79 Å². The number of benzene rings is 2. The summed E-state index contributed by atoms with van der Waals surface area (Å²) in [5.74, 6) is 1.51. The van der Waals surface area contributed by atoms with Crippen LogP contribution in [0.4, 0.5) is 0 Å². The first-order chi connectivity index (χ1) is 12.6. The number of methoxy groups -OCH3 is 2. The van der Waals surface area contributed by atoms with Crippen molar-refractivity contribution in [3.05, 3.63) is 59.3 Å². The lowest BCUT2D eigenvalue weighted by Crippen LogP contribution is -2.36. The lowest BCUT2D eigenvalue weighted by Gasteiger charge is -2.30. The zero-order valence-electron chi connectivity index (χ0n) is 15.3. The van der Waals surface area contributed by atoms with Crippen LogP contribution in [0.5, 0.6) is 11.5 Å². The quantitative estimate of drug-likeness (QED) is 0.727. The fourth-order valence-corrected chi connectivity index (χ4v) is 3.72. The maximum absolute atomic E-state index is 13.2. The zero-order valence-corrected chi connectivity index (χ0v) is 15.3. The number of carbonyl (C=O) groups is 1. The normalized spacial score (nSPS) is 13.6. The average molecular weight is 350 g/mol. The third-order valence-electron chi connectivity index (χ3n) is 5.16. The van der Waals surface area contributed by atoms with Gasteiger partial charge in [0.1, 0.15) is 0 Å². The number of nitrogens with zero attached hydrogens (tertiary/aromatic N) is 2. The first-order valence-electron chi connectivity index (χ1n) is 8.69. The molecule has 134 valence electrons. The van der Waals surface area contributed by atoms with Gasteiger partial charge in [-0.05, 0) is 47.9 Å². The Bertz CT molecular complexity index is 990. The largest absolute Gasteiger partial charge is 0.493 e. The van der Waals surface area contributed by atoms with Crippen LogP contribution in [-0.2, 0) is 20.0 Å². The average Bonchev–Trinajstić information content (AvgIpc) is 3.07. The van der Waals surface area contributed by atoms with Gasteiger partial charge in [0.2, 0.25) is 0 Å². The number of carbonyl (C=O) groups excluding carboxylic acids is 1. The van der Waals surface area contributed by atoms with Crippen LogP contribution in [0.2, 0.25) is 0 Å². The van der Waals surface area contributed by atoms with Crippen molar-refractivity contribution < 1.29 is 14.3 Å². The maximum atomic E-state index is 13.2. The molecule has 5 nitrogen and oxygen atoms in total. The lowest BCUT2D eigenvalue weighted by atomic mass is 9.97. The minimum absolute atomic E-state index is 0.0715. The van der Waals surface area contributed by atoms with Gasteiger partial charge in [0, 0.05) is 42.8 Å². The smallest absolute Gasteiger partial charge is 0.254 e. The highest BCUT2D eigenvalue weighted by Crippen LogP contribution is 2.34. The zero-order chi connectivity index (χ0) is 18.3. The topological polar surface area (TPSA) is 43.7 Å².